The fraction of sp³-hybridized carbons (Fsp3) is 0.400. The summed E-state index contributed by atoms with van der Waals surface area (Å²) in [5.41, 5.74) is 5.20. The van der Waals surface area contributed by atoms with Gasteiger partial charge < -0.3 is 11.1 Å². The molecule has 8 heteroatoms. The smallest absolute Gasteiger partial charge is 0.370 e. The molecule has 0 spiro atoms. The highest BCUT2D eigenvalue weighted by atomic mass is 32.3. The average Bonchev–Trinajstić information content (AvgIpc) is 1.97. The van der Waals surface area contributed by atoms with Crippen LogP contribution in [0.3, 0.4) is 0 Å². The predicted octanol–water partition coefficient (Wildman–Crippen LogP) is -1.50. The molecule has 0 aliphatic carbocycles. The largest absolute Gasteiger partial charge is 0.394 e. The van der Waals surface area contributed by atoms with Gasteiger partial charge in [0.2, 0.25) is 0 Å². The summed E-state index contributed by atoms with van der Waals surface area (Å²) >= 11 is 0. The Morgan fingerprint density at radius 1 is 1.69 bits per heavy atom. The van der Waals surface area contributed by atoms with E-state index in [1.807, 2.05) is 0 Å². The fourth-order valence-electron chi connectivity index (χ4n) is 0.210. The standard InChI is InChI=1S/C5H9N3.H2O4S/c1-3-4-8-5(6)7-2;1-5(2,3)4/h1H,4H2,2H3,(H3,6,7,8);(H2,1,2,3,4). The van der Waals surface area contributed by atoms with E-state index in [0.717, 1.165) is 0 Å². The molecule has 76 valence electrons. The van der Waals surface area contributed by atoms with Crippen molar-refractivity contribution in [2.24, 2.45) is 10.7 Å². The summed E-state index contributed by atoms with van der Waals surface area (Å²) in [5, 5.41) is 2.63. The van der Waals surface area contributed by atoms with E-state index in [-0.39, 0.29) is 0 Å². The zero-order valence-electron chi connectivity index (χ0n) is 6.93. The van der Waals surface area contributed by atoms with Gasteiger partial charge in [-0.3, -0.25) is 9.11 Å². The van der Waals surface area contributed by atoms with Crippen molar-refractivity contribution in [3.8, 4) is 12.3 Å². The van der Waals surface area contributed by atoms with Crippen molar-refractivity contribution in [2.75, 3.05) is 13.6 Å². The number of nitrogens with two attached hydrogens (primary N) is 1. The SMILES string of the molecule is C#CC/N=C(/N)NC.O=S(=O)(O)O. The van der Waals surface area contributed by atoms with Crippen molar-refractivity contribution in [3.05, 3.63) is 0 Å². The molecule has 0 aliphatic rings. The molecule has 0 unspecified atom stereocenters. The second-order valence-corrected chi connectivity index (χ2v) is 2.50. The molecule has 0 radical (unpaired) electrons. The van der Waals surface area contributed by atoms with Gasteiger partial charge in [0.05, 0.1) is 0 Å². The Morgan fingerprint density at radius 2 is 2.08 bits per heavy atom. The lowest BCUT2D eigenvalue weighted by Crippen LogP contribution is -2.27. The summed E-state index contributed by atoms with van der Waals surface area (Å²) in [7, 11) is -2.98. The highest BCUT2D eigenvalue weighted by Crippen LogP contribution is 1.62. The van der Waals surface area contributed by atoms with Crippen LogP contribution in [0, 0.1) is 12.3 Å². The monoisotopic (exact) mass is 209 g/mol. The minimum Gasteiger partial charge on any atom is -0.370 e. The second kappa shape index (κ2) is 7.35. The summed E-state index contributed by atoms with van der Waals surface area (Å²) in [6.07, 6.45) is 4.89. The number of rotatable bonds is 1. The van der Waals surface area contributed by atoms with Crippen molar-refractivity contribution in [1.29, 1.82) is 0 Å². The topological polar surface area (TPSA) is 125 Å². The third-order valence-corrected chi connectivity index (χ3v) is 0.597. The molecule has 0 amide bonds. The first-order valence-electron chi connectivity index (χ1n) is 2.92. The Labute approximate surface area is 76.6 Å². The van der Waals surface area contributed by atoms with Crippen LogP contribution < -0.4 is 11.1 Å². The van der Waals surface area contributed by atoms with Crippen LogP contribution in [0.5, 0.6) is 0 Å². The Bertz CT molecular complexity index is 281. The number of hydrogen-bond donors (Lipinski definition) is 4. The molecule has 0 saturated carbocycles. The van der Waals surface area contributed by atoms with Gasteiger partial charge in [-0.1, -0.05) is 5.92 Å². The first kappa shape index (κ1) is 14.2. The zero-order valence-corrected chi connectivity index (χ0v) is 7.74. The molecule has 7 nitrogen and oxygen atoms in total. The van der Waals surface area contributed by atoms with Crippen molar-refractivity contribution in [2.45, 2.75) is 0 Å². The molecule has 0 saturated heterocycles. The number of hydrogen-bond acceptors (Lipinski definition) is 3. The van der Waals surface area contributed by atoms with E-state index in [0.29, 0.717) is 12.5 Å². The molecule has 0 aromatic rings. The van der Waals surface area contributed by atoms with Crippen LogP contribution in [0.1, 0.15) is 0 Å². The second-order valence-electron chi connectivity index (χ2n) is 1.60. The molecule has 0 heterocycles. The predicted molar refractivity (Wildman–Crippen MR) is 48.6 cm³/mol. The lowest BCUT2D eigenvalue weighted by molar-refractivity contribution is 0.381. The molecule has 0 aromatic heterocycles. The Kier molecular flexibility index (Phi) is 8.05. The van der Waals surface area contributed by atoms with Crippen molar-refractivity contribution >= 4 is 16.4 Å². The van der Waals surface area contributed by atoms with Crippen LogP contribution in [0.2, 0.25) is 0 Å². The summed E-state index contributed by atoms with van der Waals surface area (Å²) in [4.78, 5) is 3.71. The third kappa shape index (κ3) is 36.7. The summed E-state index contributed by atoms with van der Waals surface area (Å²) in [5.74, 6) is 2.70. The van der Waals surface area contributed by atoms with Crippen LogP contribution in [0.15, 0.2) is 4.99 Å². The minimum absolute atomic E-state index is 0.340. The van der Waals surface area contributed by atoms with Gasteiger partial charge in [0.1, 0.15) is 6.54 Å². The van der Waals surface area contributed by atoms with Gasteiger partial charge in [0.15, 0.2) is 5.96 Å². The van der Waals surface area contributed by atoms with Gasteiger partial charge in [-0.2, -0.15) is 8.42 Å². The molecule has 0 bridgehead atoms. The van der Waals surface area contributed by atoms with E-state index in [2.05, 4.69) is 16.2 Å². The lowest BCUT2D eigenvalue weighted by Gasteiger charge is -1.92. The van der Waals surface area contributed by atoms with Crippen LogP contribution in [-0.4, -0.2) is 37.1 Å². The minimum atomic E-state index is -4.67. The highest BCUT2D eigenvalue weighted by molar-refractivity contribution is 7.79. The maximum atomic E-state index is 8.74. The number of guanidine groups is 1. The van der Waals surface area contributed by atoms with Gasteiger partial charge in [-0.05, 0) is 0 Å². The van der Waals surface area contributed by atoms with Crippen molar-refractivity contribution in [1.82, 2.24) is 5.32 Å². The molecular formula is C5H11N3O4S. The zero-order chi connectivity index (χ0) is 10.9. The van der Waals surface area contributed by atoms with Gasteiger partial charge in [0.25, 0.3) is 0 Å². The molecule has 0 fully saturated rings. The number of aliphatic imine (C=N–C) groups is 1. The molecule has 0 aliphatic heterocycles. The van der Waals surface area contributed by atoms with E-state index in [1.165, 1.54) is 0 Å². The van der Waals surface area contributed by atoms with Crippen molar-refractivity contribution < 1.29 is 17.5 Å². The summed E-state index contributed by atoms with van der Waals surface area (Å²) in [6, 6.07) is 0. The van der Waals surface area contributed by atoms with E-state index in [1.54, 1.807) is 7.05 Å². The van der Waals surface area contributed by atoms with E-state index in [9.17, 15) is 0 Å². The van der Waals surface area contributed by atoms with Gasteiger partial charge in [-0.15, -0.1) is 6.42 Å². The van der Waals surface area contributed by atoms with Crippen LogP contribution in [-0.2, 0) is 10.4 Å². The fourth-order valence-corrected chi connectivity index (χ4v) is 0.210. The first-order valence-corrected chi connectivity index (χ1v) is 4.32. The Hall–Kier alpha value is -1.30. The molecule has 5 N–H and O–H groups in total. The van der Waals surface area contributed by atoms with Crippen LogP contribution in [0.4, 0.5) is 0 Å². The van der Waals surface area contributed by atoms with Gasteiger partial charge in [0, 0.05) is 7.05 Å². The summed E-state index contributed by atoms with van der Waals surface area (Å²) < 4.78 is 31.6. The number of nitrogens with one attached hydrogen (secondary N) is 1. The maximum absolute atomic E-state index is 8.74. The lowest BCUT2D eigenvalue weighted by atomic mass is 10.7. The molecule has 0 rings (SSSR count). The molecule has 0 atom stereocenters. The van der Waals surface area contributed by atoms with Gasteiger partial charge >= 0.3 is 10.4 Å². The highest BCUT2D eigenvalue weighted by Gasteiger charge is 1.84. The summed E-state index contributed by atoms with van der Waals surface area (Å²) in [6.45, 7) is 0.340. The third-order valence-electron chi connectivity index (χ3n) is 0.597. The van der Waals surface area contributed by atoms with E-state index < -0.39 is 10.4 Å². The van der Waals surface area contributed by atoms with Gasteiger partial charge in [-0.25, -0.2) is 4.99 Å². The average molecular weight is 209 g/mol. The normalized spacial score (nSPS) is 10.8. The van der Waals surface area contributed by atoms with Crippen LogP contribution >= 0.6 is 0 Å². The quantitative estimate of drug-likeness (QED) is 0.180. The number of nitrogens with zero attached hydrogens (tertiary/aromatic N) is 1. The molecule has 13 heavy (non-hydrogen) atoms. The van der Waals surface area contributed by atoms with E-state index >= 15 is 0 Å². The van der Waals surface area contributed by atoms with E-state index in [4.69, 9.17) is 29.7 Å². The Morgan fingerprint density at radius 3 is 2.31 bits per heavy atom. The Balaban J connectivity index is 0. The maximum Gasteiger partial charge on any atom is 0.394 e. The van der Waals surface area contributed by atoms with Crippen LogP contribution in [0.25, 0.3) is 0 Å². The molecular weight excluding hydrogens is 198 g/mol. The number of terminal acetylenes is 1. The first-order chi connectivity index (χ1) is 5.81. The molecule has 0 aromatic carbocycles. The van der Waals surface area contributed by atoms with Crippen molar-refractivity contribution in [3.63, 3.8) is 0 Å².